The quantitative estimate of drug-likeness (QED) is 0.325. The highest BCUT2D eigenvalue weighted by molar-refractivity contribution is 5.58. The highest BCUT2D eigenvalue weighted by Crippen LogP contribution is 2.38. The first kappa shape index (κ1) is 25.9. The first-order valence-corrected chi connectivity index (χ1v) is 13.3. The molecule has 0 saturated heterocycles. The van der Waals surface area contributed by atoms with E-state index in [4.69, 9.17) is 9.47 Å². The molecule has 3 aromatic rings. The summed E-state index contributed by atoms with van der Waals surface area (Å²) in [5, 5.41) is 13.5. The number of ether oxygens (including phenoxy) is 2. The molecule has 5 nitrogen and oxygen atoms in total. The number of likely N-dealkylation sites (N-methyl/N-ethyl adjacent to an activating group) is 1. The summed E-state index contributed by atoms with van der Waals surface area (Å²) in [7, 11) is 1.72. The number of hydrogen-bond acceptors (Lipinski definition) is 5. The normalized spacial score (nSPS) is 14.9. The minimum atomic E-state index is 0.359. The lowest BCUT2D eigenvalue weighted by molar-refractivity contribution is 0.223. The number of rotatable bonds is 12. The predicted molar refractivity (Wildman–Crippen MR) is 148 cm³/mol. The summed E-state index contributed by atoms with van der Waals surface area (Å²) >= 11 is 0. The number of aromatic hydroxyl groups is 1. The molecule has 1 aliphatic rings. The fourth-order valence-corrected chi connectivity index (χ4v) is 5.10. The molecule has 0 fully saturated rings. The van der Waals surface area contributed by atoms with Crippen LogP contribution in [-0.4, -0.2) is 49.9 Å². The molecule has 0 aliphatic heterocycles. The van der Waals surface area contributed by atoms with Crippen molar-refractivity contribution in [3.05, 3.63) is 82.9 Å². The third-order valence-electron chi connectivity index (χ3n) is 7.34. The Kier molecular flexibility index (Phi) is 9.12. The number of anilines is 1. The molecule has 4 rings (SSSR count). The van der Waals surface area contributed by atoms with Crippen LogP contribution in [0.3, 0.4) is 0 Å². The standard InChI is InChI=1S/C31H40N2O3/c1-4-33(5-2)18-19-36-28-12-6-23(7-13-28)16-17-32-31-22-29(35-3)14-15-30(31)26-9-8-25-21-27(34)11-10-24(25)20-26/h6-7,10-15,21-22,26,32,34H,4-5,8-9,16-20H2,1-3H3. The lowest BCUT2D eigenvalue weighted by atomic mass is 9.79. The van der Waals surface area contributed by atoms with E-state index in [9.17, 15) is 5.11 Å². The molecule has 0 radical (unpaired) electrons. The van der Waals surface area contributed by atoms with Crippen molar-refractivity contribution < 1.29 is 14.6 Å². The van der Waals surface area contributed by atoms with E-state index in [0.717, 1.165) is 69.0 Å². The zero-order valence-corrected chi connectivity index (χ0v) is 21.9. The molecule has 0 saturated carbocycles. The van der Waals surface area contributed by atoms with Gasteiger partial charge in [-0.3, -0.25) is 0 Å². The van der Waals surface area contributed by atoms with Crippen molar-refractivity contribution in [2.24, 2.45) is 0 Å². The number of fused-ring (bicyclic) bond motifs is 1. The van der Waals surface area contributed by atoms with Crippen LogP contribution in [0.4, 0.5) is 5.69 Å². The van der Waals surface area contributed by atoms with Gasteiger partial charge in [-0.15, -0.1) is 0 Å². The lowest BCUT2D eigenvalue weighted by Crippen LogP contribution is -2.27. The average Bonchev–Trinajstić information content (AvgIpc) is 2.91. The topological polar surface area (TPSA) is 54.0 Å². The van der Waals surface area contributed by atoms with Gasteiger partial charge in [-0.1, -0.05) is 38.1 Å². The van der Waals surface area contributed by atoms with Gasteiger partial charge in [0, 0.05) is 24.8 Å². The zero-order chi connectivity index (χ0) is 25.3. The third-order valence-corrected chi connectivity index (χ3v) is 7.34. The van der Waals surface area contributed by atoms with Crippen molar-refractivity contribution >= 4 is 5.69 Å². The average molecular weight is 489 g/mol. The molecule has 2 N–H and O–H groups in total. The van der Waals surface area contributed by atoms with Gasteiger partial charge in [-0.2, -0.15) is 0 Å². The Morgan fingerprint density at radius 2 is 1.72 bits per heavy atom. The fourth-order valence-electron chi connectivity index (χ4n) is 5.10. The molecule has 0 heterocycles. The van der Waals surface area contributed by atoms with E-state index in [1.807, 2.05) is 6.07 Å². The highest BCUT2D eigenvalue weighted by Gasteiger charge is 2.23. The largest absolute Gasteiger partial charge is 0.508 e. The third kappa shape index (κ3) is 6.73. The molecular formula is C31H40N2O3. The minimum Gasteiger partial charge on any atom is -0.508 e. The van der Waals surface area contributed by atoms with Crippen molar-refractivity contribution in [2.75, 3.05) is 45.2 Å². The molecule has 36 heavy (non-hydrogen) atoms. The Balaban J connectivity index is 1.35. The Bertz CT molecular complexity index is 1110. The lowest BCUT2D eigenvalue weighted by Gasteiger charge is -2.27. The van der Waals surface area contributed by atoms with Crippen LogP contribution in [0.25, 0.3) is 0 Å². The van der Waals surface area contributed by atoms with Crippen LogP contribution in [0.2, 0.25) is 0 Å². The predicted octanol–water partition coefficient (Wildman–Crippen LogP) is 6.05. The van der Waals surface area contributed by atoms with Crippen LogP contribution in [0.1, 0.15) is 48.4 Å². The summed E-state index contributed by atoms with van der Waals surface area (Å²) in [6.07, 6.45) is 3.99. The molecule has 3 aromatic carbocycles. The Morgan fingerprint density at radius 1 is 0.944 bits per heavy atom. The summed E-state index contributed by atoms with van der Waals surface area (Å²) in [6, 6.07) is 20.7. The van der Waals surface area contributed by atoms with E-state index in [-0.39, 0.29) is 0 Å². The second-order valence-corrected chi connectivity index (χ2v) is 9.54. The zero-order valence-electron chi connectivity index (χ0n) is 21.9. The number of nitrogens with one attached hydrogen (secondary N) is 1. The first-order chi connectivity index (χ1) is 17.6. The van der Waals surface area contributed by atoms with Gasteiger partial charge >= 0.3 is 0 Å². The number of benzene rings is 3. The van der Waals surface area contributed by atoms with Gasteiger partial charge in [0.2, 0.25) is 0 Å². The molecule has 0 aromatic heterocycles. The van der Waals surface area contributed by atoms with Gasteiger partial charge in [-0.25, -0.2) is 0 Å². The Hall–Kier alpha value is -3.18. The number of phenols is 1. The van der Waals surface area contributed by atoms with Crippen molar-refractivity contribution in [3.63, 3.8) is 0 Å². The van der Waals surface area contributed by atoms with E-state index in [0.29, 0.717) is 18.3 Å². The second-order valence-electron chi connectivity index (χ2n) is 9.54. The maximum atomic E-state index is 9.82. The number of methoxy groups -OCH3 is 1. The smallest absolute Gasteiger partial charge is 0.120 e. The number of phenolic OH excluding ortho intramolecular Hbond substituents is 1. The summed E-state index contributed by atoms with van der Waals surface area (Å²) in [5.74, 6) is 2.61. The molecule has 1 unspecified atom stereocenters. The Labute approximate surface area is 216 Å². The maximum absolute atomic E-state index is 9.82. The van der Waals surface area contributed by atoms with Crippen LogP contribution in [0, 0.1) is 0 Å². The monoisotopic (exact) mass is 488 g/mol. The minimum absolute atomic E-state index is 0.359. The molecule has 0 amide bonds. The van der Waals surface area contributed by atoms with Gasteiger partial charge in [0.1, 0.15) is 23.9 Å². The number of aryl methyl sites for hydroxylation is 1. The van der Waals surface area contributed by atoms with Crippen molar-refractivity contribution in [1.29, 1.82) is 0 Å². The van der Waals surface area contributed by atoms with Gasteiger partial charge in [-0.05, 0) is 97.3 Å². The molecular weight excluding hydrogens is 448 g/mol. The fraction of sp³-hybridized carbons (Fsp3) is 0.419. The molecule has 1 aliphatic carbocycles. The van der Waals surface area contributed by atoms with Crippen LogP contribution < -0.4 is 14.8 Å². The van der Waals surface area contributed by atoms with E-state index in [1.54, 1.807) is 13.2 Å². The summed E-state index contributed by atoms with van der Waals surface area (Å²) in [4.78, 5) is 2.36. The maximum Gasteiger partial charge on any atom is 0.120 e. The second kappa shape index (κ2) is 12.7. The number of hydrogen-bond donors (Lipinski definition) is 2. The van der Waals surface area contributed by atoms with Crippen LogP contribution in [0.15, 0.2) is 60.7 Å². The molecule has 0 spiro atoms. The first-order valence-electron chi connectivity index (χ1n) is 13.3. The van der Waals surface area contributed by atoms with Crippen LogP contribution in [0.5, 0.6) is 17.2 Å². The molecule has 5 heteroatoms. The van der Waals surface area contributed by atoms with Crippen LogP contribution in [-0.2, 0) is 19.3 Å². The van der Waals surface area contributed by atoms with Gasteiger partial charge in [0.25, 0.3) is 0 Å². The van der Waals surface area contributed by atoms with Gasteiger partial charge in [0.05, 0.1) is 7.11 Å². The van der Waals surface area contributed by atoms with E-state index in [1.165, 1.54) is 22.3 Å². The van der Waals surface area contributed by atoms with Gasteiger partial charge in [0.15, 0.2) is 0 Å². The molecule has 0 bridgehead atoms. The van der Waals surface area contributed by atoms with Gasteiger partial charge < -0.3 is 24.8 Å². The van der Waals surface area contributed by atoms with Crippen LogP contribution >= 0.6 is 0 Å². The van der Waals surface area contributed by atoms with E-state index in [2.05, 4.69) is 72.6 Å². The Morgan fingerprint density at radius 3 is 2.47 bits per heavy atom. The van der Waals surface area contributed by atoms with E-state index >= 15 is 0 Å². The molecule has 1 atom stereocenters. The number of nitrogens with zero attached hydrogens (tertiary/aromatic N) is 1. The van der Waals surface area contributed by atoms with E-state index < -0.39 is 0 Å². The van der Waals surface area contributed by atoms with Crippen molar-refractivity contribution in [3.8, 4) is 17.2 Å². The summed E-state index contributed by atoms with van der Waals surface area (Å²) in [5.41, 5.74) is 6.39. The van der Waals surface area contributed by atoms with Crippen molar-refractivity contribution in [2.45, 2.75) is 45.4 Å². The summed E-state index contributed by atoms with van der Waals surface area (Å²) in [6.45, 7) is 8.99. The highest BCUT2D eigenvalue weighted by atomic mass is 16.5. The SMILES string of the molecule is CCN(CC)CCOc1ccc(CCNc2cc(OC)ccc2C2CCc3cc(O)ccc3C2)cc1. The molecule has 192 valence electrons. The summed E-state index contributed by atoms with van der Waals surface area (Å²) < 4.78 is 11.4. The van der Waals surface area contributed by atoms with Crippen molar-refractivity contribution in [1.82, 2.24) is 4.90 Å².